The van der Waals surface area contributed by atoms with Crippen LogP contribution >= 0.6 is 0 Å². The van der Waals surface area contributed by atoms with Gasteiger partial charge in [0.05, 0.1) is 6.21 Å². The number of furan rings is 1. The Morgan fingerprint density at radius 2 is 2.04 bits per heavy atom. The van der Waals surface area contributed by atoms with Gasteiger partial charge in [-0.1, -0.05) is 37.3 Å². The van der Waals surface area contributed by atoms with Crippen molar-refractivity contribution in [3.8, 4) is 5.75 Å². The van der Waals surface area contributed by atoms with E-state index in [4.69, 9.17) is 9.15 Å². The smallest absolute Gasteiger partial charge is 0.277 e. The third-order valence-corrected chi connectivity index (χ3v) is 4.12. The zero-order valence-electron chi connectivity index (χ0n) is 15.2. The Kier molecular flexibility index (Phi) is 5.37. The number of nitrogens with one attached hydrogen (secondary N) is 1. The number of hydrazone groups is 1. The molecule has 0 fully saturated rings. The Bertz CT molecular complexity index is 957. The maximum atomic E-state index is 12.0. The average molecular weight is 350 g/mol. The Labute approximate surface area is 152 Å². The fraction of sp³-hybridized carbons (Fsp3) is 0.238. The molecule has 2 aromatic carbocycles. The number of hydrogen-bond donors (Lipinski definition) is 1. The topological polar surface area (TPSA) is 63.8 Å². The summed E-state index contributed by atoms with van der Waals surface area (Å²) in [5, 5.41) is 5.04. The largest absolute Gasteiger partial charge is 0.483 e. The van der Waals surface area contributed by atoms with Gasteiger partial charge in [-0.3, -0.25) is 4.79 Å². The zero-order chi connectivity index (χ0) is 18.5. The van der Waals surface area contributed by atoms with E-state index in [9.17, 15) is 4.79 Å². The van der Waals surface area contributed by atoms with Gasteiger partial charge in [0.15, 0.2) is 6.61 Å². The van der Waals surface area contributed by atoms with Crippen molar-refractivity contribution in [3.05, 3.63) is 64.9 Å². The molecule has 1 amide bonds. The first-order valence-corrected chi connectivity index (χ1v) is 8.61. The van der Waals surface area contributed by atoms with Crippen LogP contribution in [0.15, 0.2) is 52.0 Å². The molecule has 1 heterocycles. The minimum atomic E-state index is -0.312. The van der Waals surface area contributed by atoms with Crippen LogP contribution in [0, 0.1) is 13.8 Å². The number of amides is 1. The maximum absolute atomic E-state index is 12.0. The van der Waals surface area contributed by atoms with Crippen molar-refractivity contribution in [1.82, 2.24) is 5.43 Å². The van der Waals surface area contributed by atoms with Gasteiger partial charge in [-0.25, -0.2) is 5.43 Å². The second-order valence-electron chi connectivity index (χ2n) is 6.14. The van der Waals surface area contributed by atoms with E-state index >= 15 is 0 Å². The van der Waals surface area contributed by atoms with E-state index in [0.29, 0.717) is 5.75 Å². The van der Waals surface area contributed by atoms with Crippen LogP contribution in [0.25, 0.3) is 11.0 Å². The number of carbonyl (C=O) groups is 1. The first-order chi connectivity index (χ1) is 12.6. The van der Waals surface area contributed by atoms with Crippen LogP contribution in [0.1, 0.15) is 29.4 Å². The highest BCUT2D eigenvalue weighted by molar-refractivity contribution is 5.99. The molecular formula is C21H22N2O3. The maximum Gasteiger partial charge on any atom is 0.277 e. The summed E-state index contributed by atoms with van der Waals surface area (Å²) in [7, 11) is 0. The molecule has 5 nitrogen and oxygen atoms in total. The van der Waals surface area contributed by atoms with Crippen LogP contribution in [0.2, 0.25) is 0 Å². The summed E-state index contributed by atoms with van der Waals surface area (Å²) in [5.74, 6) is 1.24. The van der Waals surface area contributed by atoms with E-state index in [1.54, 1.807) is 6.21 Å². The van der Waals surface area contributed by atoms with Crippen LogP contribution in [0.3, 0.4) is 0 Å². The summed E-state index contributed by atoms with van der Waals surface area (Å²) in [6.45, 7) is 5.86. The Balaban J connectivity index is 1.63. The van der Waals surface area contributed by atoms with E-state index in [0.717, 1.165) is 39.8 Å². The van der Waals surface area contributed by atoms with Crippen LogP contribution < -0.4 is 10.2 Å². The van der Waals surface area contributed by atoms with Crippen LogP contribution in [0.5, 0.6) is 5.75 Å². The molecule has 1 N–H and O–H groups in total. The van der Waals surface area contributed by atoms with E-state index in [2.05, 4.69) is 10.5 Å². The fourth-order valence-corrected chi connectivity index (χ4v) is 2.73. The van der Waals surface area contributed by atoms with Gasteiger partial charge in [0.1, 0.15) is 17.1 Å². The molecule has 5 heteroatoms. The van der Waals surface area contributed by atoms with E-state index in [1.165, 1.54) is 0 Å². The minimum Gasteiger partial charge on any atom is -0.483 e. The van der Waals surface area contributed by atoms with Gasteiger partial charge in [0.2, 0.25) is 0 Å². The molecule has 3 rings (SSSR count). The molecule has 0 bridgehead atoms. The van der Waals surface area contributed by atoms with Crippen LogP contribution in [-0.4, -0.2) is 18.7 Å². The van der Waals surface area contributed by atoms with Gasteiger partial charge in [0, 0.05) is 17.4 Å². The molecule has 26 heavy (non-hydrogen) atoms. The minimum absolute atomic E-state index is 0.0889. The highest BCUT2D eigenvalue weighted by Gasteiger charge is 2.10. The molecule has 0 saturated carbocycles. The molecule has 1 aromatic heterocycles. The van der Waals surface area contributed by atoms with Gasteiger partial charge in [0.25, 0.3) is 5.91 Å². The van der Waals surface area contributed by atoms with Gasteiger partial charge < -0.3 is 9.15 Å². The number of ether oxygens (including phenoxy) is 1. The average Bonchev–Trinajstić information content (AvgIpc) is 3.00. The highest BCUT2D eigenvalue weighted by Crippen LogP contribution is 2.24. The standard InChI is InChI=1S/C21H22N2O3/c1-4-18-17(16-7-5-6-8-19(16)26-18)12-22-23-21(24)13-25-20-11-14(2)9-10-15(20)3/h5-12H,4,13H2,1-3H3,(H,23,24)/b22-12-. The summed E-state index contributed by atoms with van der Waals surface area (Å²) in [6.07, 6.45) is 2.38. The van der Waals surface area contributed by atoms with E-state index in [-0.39, 0.29) is 12.5 Å². The molecular weight excluding hydrogens is 328 g/mol. The SMILES string of the molecule is CCc1oc2ccccc2c1/C=N\NC(=O)COc1cc(C)ccc1C. The number of benzene rings is 2. The molecule has 3 aromatic rings. The summed E-state index contributed by atoms with van der Waals surface area (Å²) in [5.41, 5.74) is 6.28. The second kappa shape index (κ2) is 7.87. The van der Waals surface area contributed by atoms with Crippen molar-refractivity contribution < 1.29 is 13.9 Å². The Morgan fingerprint density at radius 3 is 2.85 bits per heavy atom. The molecule has 0 aliphatic heterocycles. The van der Waals surface area contributed by atoms with Crippen LogP contribution in [0.4, 0.5) is 0 Å². The lowest BCUT2D eigenvalue weighted by Crippen LogP contribution is -2.24. The van der Waals surface area contributed by atoms with Crippen molar-refractivity contribution in [2.24, 2.45) is 5.10 Å². The quantitative estimate of drug-likeness (QED) is 0.537. The van der Waals surface area contributed by atoms with Crippen molar-refractivity contribution in [2.75, 3.05) is 6.61 Å². The number of rotatable bonds is 6. The van der Waals surface area contributed by atoms with Crippen molar-refractivity contribution in [1.29, 1.82) is 0 Å². The monoisotopic (exact) mass is 350 g/mol. The Morgan fingerprint density at radius 1 is 1.23 bits per heavy atom. The summed E-state index contributed by atoms with van der Waals surface area (Å²) >= 11 is 0. The molecule has 134 valence electrons. The van der Waals surface area contributed by atoms with E-state index < -0.39 is 0 Å². The van der Waals surface area contributed by atoms with Crippen molar-refractivity contribution in [2.45, 2.75) is 27.2 Å². The second-order valence-corrected chi connectivity index (χ2v) is 6.14. The van der Waals surface area contributed by atoms with Gasteiger partial charge in [-0.2, -0.15) is 5.10 Å². The fourth-order valence-electron chi connectivity index (χ4n) is 2.73. The molecule has 0 aliphatic carbocycles. The third kappa shape index (κ3) is 3.94. The first kappa shape index (κ1) is 17.7. The molecule has 0 radical (unpaired) electrons. The predicted molar refractivity (Wildman–Crippen MR) is 103 cm³/mol. The molecule has 0 spiro atoms. The lowest BCUT2D eigenvalue weighted by atomic mass is 10.1. The van der Waals surface area contributed by atoms with Crippen molar-refractivity contribution >= 4 is 23.1 Å². The summed E-state index contributed by atoms with van der Waals surface area (Å²) < 4.78 is 11.4. The molecule has 0 saturated heterocycles. The van der Waals surface area contributed by atoms with Gasteiger partial charge >= 0.3 is 0 Å². The number of para-hydroxylation sites is 1. The highest BCUT2D eigenvalue weighted by atomic mass is 16.5. The molecule has 0 atom stereocenters. The van der Waals surface area contributed by atoms with Gasteiger partial charge in [-0.05, 0) is 37.1 Å². The summed E-state index contributed by atoms with van der Waals surface area (Å²) in [4.78, 5) is 12.0. The van der Waals surface area contributed by atoms with E-state index in [1.807, 2.05) is 63.2 Å². The van der Waals surface area contributed by atoms with Crippen LogP contribution in [-0.2, 0) is 11.2 Å². The summed E-state index contributed by atoms with van der Waals surface area (Å²) in [6, 6.07) is 13.7. The lowest BCUT2D eigenvalue weighted by Gasteiger charge is -2.08. The predicted octanol–water partition coefficient (Wildman–Crippen LogP) is 4.14. The number of hydrogen-bond acceptors (Lipinski definition) is 4. The number of aryl methyl sites for hydroxylation is 3. The van der Waals surface area contributed by atoms with Gasteiger partial charge in [-0.15, -0.1) is 0 Å². The molecule has 0 unspecified atom stereocenters. The third-order valence-electron chi connectivity index (χ3n) is 4.12. The first-order valence-electron chi connectivity index (χ1n) is 8.61. The number of fused-ring (bicyclic) bond motifs is 1. The van der Waals surface area contributed by atoms with Crippen molar-refractivity contribution in [3.63, 3.8) is 0 Å². The zero-order valence-corrected chi connectivity index (χ0v) is 15.2. The lowest BCUT2D eigenvalue weighted by molar-refractivity contribution is -0.123. The number of nitrogens with zero attached hydrogens (tertiary/aromatic N) is 1. The number of carbonyl (C=O) groups excluding carboxylic acids is 1. The molecule has 0 aliphatic rings. The normalized spacial score (nSPS) is 11.2. The Hall–Kier alpha value is -3.08.